The number of benzene rings is 1. The number of sulfonamides is 1. The first-order chi connectivity index (χ1) is 12.7. The smallest absolute Gasteiger partial charge is 0.248 e. The Bertz CT molecular complexity index is 955. The van der Waals surface area contributed by atoms with Crippen molar-refractivity contribution in [1.29, 1.82) is 0 Å². The molecule has 27 heavy (non-hydrogen) atoms. The number of carbonyl (C=O) groups is 1. The van der Waals surface area contributed by atoms with Gasteiger partial charge in [0.1, 0.15) is 10.6 Å². The fourth-order valence-corrected chi connectivity index (χ4v) is 5.28. The van der Waals surface area contributed by atoms with Crippen LogP contribution in [0, 0.1) is 19.8 Å². The molecule has 146 valence electrons. The Labute approximate surface area is 167 Å². The molecule has 1 aliphatic rings. The lowest BCUT2D eigenvalue weighted by Crippen LogP contribution is -2.43. The zero-order valence-corrected chi connectivity index (χ0v) is 17.2. The lowest BCUT2D eigenvalue weighted by Gasteiger charge is -2.31. The highest BCUT2D eigenvalue weighted by molar-refractivity contribution is 7.89. The molecule has 1 aromatic carbocycles. The van der Waals surface area contributed by atoms with Gasteiger partial charge in [0.05, 0.1) is 16.0 Å². The van der Waals surface area contributed by atoms with E-state index in [9.17, 15) is 13.2 Å². The zero-order chi connectivity index (χ0) is 19.8. The first-order valence-electron chi connectivity index (χ1n) is 8.39. The minimum atomic E-state index is -3.77. The Morgan fingerprint density at radius 1 is 1.30 bits per heavy atom. The highest BCUT2D eigenvalue weighted by Gasteiger charge is 2.36. The van der Waals surface area contributed by atoms with E-state index in [-0.39, 0.29) is 23.1 Å². The van der Waals surface area contributed by atoms with Gasteiger partial charge in [0.2, 0.25) is 15.9 Å². The maximum atomic E-state index is 13.0. The van der Waals surface area contributed by atoms with Crippen molar-refractivity contribution in [3.05, 3.63) is 39.7 Å². The number of nitrogens with zero attached hydrogens (tertiary/aromatic N) is 2. The molecule has 0 spiro atoms. The van der Waals surface area contributed by atoms with Crippen LogP contribution in [0.15, 0.2) is 27.6 Å². The number of hydrogen-bond acceptors (Lipinski definition) is 5. The normalized spacial score (nSPS) is 18.4. The van der Waals surface area contributed by atoms with Crippen LogP contribution >= 0.6 is 23.2 Å². The van der Waals surface area contributed by atoms with Crippen LogP contribution in [0.2, 0.25) is 10.0 Å². The Hall–Kier alpha value is -1.61. The summed E-state index contributed by atoms with van der Waals surface area (Å²) in [7, 11) is -3.77. The number of rotatable bonds is 4. The molecule has 1 aliphatic heterocycles. The number of nitrogens with one attached hydrogen (secondary N) is 1. The maximum absolute atomic E-state index is 13.0. The summed E-state index contributed by atoms with van der Waals surface area (Å²) in [6, 6.07) is 4.80. The molecule has 7 nitrogen and oxygen atoms in total. The second-order valence-corrected chi connectivity index (χ2v) is 9.16. The molecule has 1 unspecified atom stereocenters. The van der Waals surface area contributed by atoms with E-state index in [4.69, 9.17) is 27.7 Å². The van der Waals surface area contributed by atoms with Crippen molar-refractivity contribution >= 4 is 44.8 Å². The van der Waals surface area contributed by atoms with Crippen LogP contribution in [0.3, 0.4) is 0 Å². The molecule has 0 bridgehead atoms. The van der Waals surface area contributed by atoms with Crippen LogP contribution in [0.1, 0.15) is 24.3 Å². The predicted octanol–water partition coefficient (Wildman–Crippen LogP) is 3.64. The molecular weight excluding hydrogens is 413 g/mol. The number of hydrogen-bond donors (Lipinski definition) is 1. The summed E-state index contributed by atoms with van der Waals surface area (Å²) in [6.45, 7) is 3.59. The first kappa shape index (κ1) is 20.1. The number of halogens is 2. The Balaban J connectivity index is 1.75. The Morgan fingerprint density at radius 2 is 2.04 bits per heavy atom. The van der Waals surface area contributed by atoms with Crippen LogP contribution in [0.5, 0.6) is 0 Å². The van der Waals surface area contributed by atoms with E-state index in [1.807, 2.05) is 0 Å². The predicted molar refractivity (Wildman–Crippen MR) is 103 cm³/mol. The third-order valence-corrected chi connectivity index (χ3v) is 7.36. The summed E-state index contributed by atoms with van der Waals surface area (Å²) >= 11 is 11.8. The van der Waals surface area contributed by atoms with Crippen LogP contribution in [-0.4, -0.2) is 36.9 Å². The largest absolute Gasteiger partial charge is 0.360 e. The van der Waals surface area contributed by atoms with Gasteiger partial charge in [0.15, 0.2) is 5.76 Å². The number of piperidine rings is 1. The van der Waals surface area contributed by atoms with Gasteiger partial charge >= 0.3 is 0 Å². The molecule has 1 fully saturated rings. The molecular formula is C17H19Cl2N3O4S. The van der Waals surface area contributed by atoms with Crippen LogP contribution in [0.25, 0.3) is 0 Å². The Morgan fingerprint density at radius 3 is 2.67 bits per heavy atom. The van der Waals surface area contributed by atoms with E-state index in [0.717, 1.165) is 0 Å². The van der Waals surface area contributed by atoms with Gasteiger partial charge < -0.3 is 9.84 Å². The number of amides is 1. The van der Waals surface area contributed by atoms with Crippen molar-refractivity contribution in [1.82, 2.24) is 9.46 Å². The molecule has 1 aromatic heterocycles. The second kappa shape index (κ2) is 7.79. The molecule has 2 aromatic rings. The molecule has 1 atom stereocenters. The molecule has 2 heterocycles. The average molecular weight is 432 g/mol. The van der Waals surface area contributed by atoms with Gasteiger partial charge in [0, 0.05) is 18.8 Å². The van der Waals surface area contributed by atoms with E-state index < -0.39 is 15.9 Å². The van der Waals surface area contributed by atoms with Gasteiger partial charge in [-0.1, -0.05) is 28.4 Å². The quantitative estimate of drug-likeness (QED) is 0.797. The fraction of sp³-hybridized carbons (Fsp3) is 0.412. The van der Waals surface area contributed by atoms with Crippen molar-refractivity contribution in [2.75, 3.05) is 18.4 Å². The Kier molecular flexibility index (Phi) is 5.81. The van der Waals surface area contributed by atoms with E-state index >= 15 is 0 Å². The van der Waals surface area contributed by atoms with Crippen molar-refractivity contribution in [2.24, 2.45) is 5.92 Å². The first-order valence-corrected chi connectivity index (χ1v) is 10.6. The molecule has 1 N–H and O–H groups in total. The summed E-state index contributed by atoms with van der Waals surface area (Å²) in [5.74, 6) is -0.481. The van der Waals surface area contributed by atoms with Crippen molar-refractivity contribution in [3.63, 3.8) is 0 Å². The standard InChI is InChI=1S/C17H19Cl2N3O4S/c1-10-16(11(2)26-21-10)27(24,25)22-7-3-4-12(9-22)17(23)20-13-5-6-14(18)15(19)8-13/h5-6,8,12H,3-4,7,9H2,1-2H3,(H,20,23). The summed E-state index contributed by atoms with van der Waals surface area (Å²) in [4.78, 5) is 12.7. The minimum absolute atomic E-state index is 0.0769. The molecule has 1 saturated heterocycles. The number of carbonyl (C=O) groups excluding carboxylic acids is 1. The van der Waals surface area contributed by atoms with E-state index in [2.05, 4.69) is 10.5 Å². The van der Waals surface area contributed by atoms with E-state index in [0.29, 0.717) is 40.8 Å². The van der Waals surface area contributed by atoms with Gasteiger partial charge in [-0.05, 0) is 44.9 Å². The third-order valence-electron chi connectivity index (χ3n) is 4.51. The molecule has 10 heteroatoms. The molecule has 0 saturated carbocycles. The molecule has 0 radical (unpaired) electrons. The molecule has 0 aliphatic carbocycles. The zero-order valence-electron chi connectivity index (χ0n) is 14.8. The minimum Gasteiger partial charge on any atom is -0.360 e. The summed E-state index contributed by atoms with van der Waals surface area (Å²) in [6.07, 6.45) is 1.18. The van der Waals surface area contributed by atoms with Gasteiger partial charge in [0.25, 0.3) is 0 Å². The topological polar surface area (TPSA) is 92.5 Å². The lowest BCUT2D eigenvalue weighted by molar-refractivity contribution is -0.120. The van der Waals surface area contributed by atoms with Crippen LogP contribution in [-0.2, 0) is 14.8 Å². The number of aromatic nitrogens is 1. The summed E-state index contributed by atoms with van der Waals surface area (Å²) in [5, 5.41) is 7.22. The number of aryl methyl sites for hydroxylation is 2. The number of anilines is 1. The second-order valence-electron chi connectivity index (χ2n) is 6.47. The van der Waals surface area contributed by atoms with Gasteiger partial charge in [-0.3, -0.25) is 4.79 Å². The third kappa shape index (κ3) is 4.13. The monoisotopic (exact) mass is 431 g/mol. The van der Waals surface area contributed by atoms with Crippen molar-refractivity contribution in [3.8, 4) is 0 Å². The van der Waals surface area contributed by atoms with Crippen LogP contribution in [0.4, 0.5) is 5.69 Å². The van der Waals surface area contributed by atoms with Crippen molar-refractivity contribution in [2.45, 2.75) is 31.6 Å². The summed E-state index contributed by atoms with van der Waals surface area (Å²) < 4.78 is 32.2. The average Bonchev–Trinajstić information content (AvgIpc) is 2.97. The summed E-state index contributed by atoms with van der Waals surface area (Å²) in [5.41, 5.74) is 0.829. The van der Waals surface area contributed by atoms with Crippen LogP contribution < -0.4 is 5.32 Å². The van der Waals surface area contributed by atoms with Gasteiger partial charge in [-0.15, -0.1) is 0 Å². The molecule has 3 rings (SSSR count). The van der Waals surface area contributed by atoms with Crippen molar-refractivity contribution < 1.29 is 17.7 Å². The van der Waals surface area contributed by atoms with Gasteiger partial charge in [-0.25, -0.2) is 8.42 Å². The highest BCUT2D eigenvalue weighted by Crippen LogP contribution is 2.29. The maximum Gasteiger partial charge on any atom is 0.248 e. The van der Waals surface area contributed by atoms with Gasteiger partial charge in [-0.2, -0.15) is 4.31 Å². The SMILES string of the molecule is Cc1noc(C)c1S(=O)(=O)N1CCCC(C(=O)Nc2ccc(Cl)c(Cl)c2)C1. The van der Waals surface area contributed by atoms with E-state index in [1.165, 1.54) is 4.31 Å². The highest BCUT2D eigenvalue weighted by atomic mass is 35.5. The fourth-order valence-electron chi connectivity index (χ4n) is 3.16. The molecule has 1 amide bonds. The van der Waals surface area contributed by atoms with E-state index in [1.54, 1.807) is 32.0 Å². The lowest BCUT2D eigenvalue weighted by atomic mass is 9.99.